The van der Waals surface area contributed by atoms with Crippen LogP contribution >= 0.6 is 0 Å². The minimum absolute atomic E-state index is 0.0175. The molecule has 216 valence electrons. The standard InChI is InChI=1S/C35H52O4/c1-6-11-13-25-36-27-33(15-8-3)38-31-21-17-29(18-22-31)35(10-5)30-19-23-32(24-20-30)39-34(16-9-4)28-37-26-14-12-7-2/h8-9,17-24,33-35H,3-4,6-7,10-16,25-28H2,1-2,5H3. The zero-order chi connectivity index (χ0) is 28.1. The van der Waals surface area contributed by atoms with E-state index in [0.29, 0.717) is 19.1 Å². The van der Waals surface area contributed by atoms with Crippen molar-refractivity contribution in [2.45, 2.75) is 96.7 Å². The third-order valence-corrected chi connectivity index (χ3v) is 6.83. The summed E-state index contributed by atoms with van der Waals surface area (Å²) in [6.45, 7) is 17.1. The summed E-state index contributed by atoms with van der Waals surface area (Å²) < 4.78 is 24.1. The Labute approximate surface area is 238 Å². The van der Waals surface area contributed by atoms with E-state index >= 15 is 0 Å². The quantitative estimate of drug-likeness (QED) is 0.105. The summed E-state index contributed by atoms with van der Waals surface area (Å²) in [5, 5.41) is 0. The molecule has 0 saturated carbocycles. The Balaban J connectivity index is 1.95. The van der Waals surface area contributed by atoms with Crippen molar-refractivity contribution in [1.29, 1.82) is 0 Å². The molecule has 0 aliphatic rings. The van der Waals surface area contributed by atoms with Gasteiger partial charge in [0, 0.05) is 32.0 Å². The normalized spacial score (nSPS) is 13.4. The lowest BCUT2D eigenvalue weighted by atomic mass is 9.89. The highest BCUT2D eigenvalue weighted by Crippen LogP contribution is 2.31. The van der Waals surface area contributed by atoms with Gasteiger partial charge in [0.1, 0.15) is 23.7 Å². The van der Waals surface area contributed by atoms with Gasteiger partial charge in [0.15, 0.2) is 0 Å². The second-order valence-electron chi connectivity index (χ2n) is 10.2. The number of unbranched alkanes of at least 4 members (excludes halogenated alkanes) is 4. The number of benzene rings is 2. The summed E-state index contributed by atoms with van der Waals surface area (Å²) in [6.07, 6.45) is 13.3. The van der Waals surface area contributed by atoms with Crippen LogP contribution < -0.4 is 9.47 Å². The average Bonchev–Trinajstić information content (AvgIpc) is 2.95. The lowest BCUT2D eigenvalue weighted by Gasteiger charge is -2.21. The predicted molar refractivity (Wildman–Crippen MR) is 164 cm³/mol. The average molecular weight is 537 g/mol. The Hall–Kier alpha value is -2.56. The lowest BCUT2D eigenvalue weighted by Crippen LogP contribution is -2.23. The maximum atomic E-state index is 6.23. The van der Waals surface area contributed by atoms with Crippen molar-refractivity contribution in [3.8, 4) is 11.5 Å². The number of hydrogen-bond acceptors (Lipinski definition) is 4. The van der Waals surface area contributed by atoms with Crippen molar-refractivity contribution >= 4 is 0 Å². The van der Waals surface area contributed by atoms with Gasteiger partial charge in [-0.1, -0.05) is 82.9 Å². The Morgan fingerprint density at radius 1 is 0.615 bits per heavy atom. The first-order valence-corrected chi connectivity index (χ1v) is 15.0. The van der Waals surface area contributed by atoms with Crippen LogP contribution in [0.5, 0.6) is 11.5 Å². The molecule has 4 nitrogen and oxygen atoms in total. The van der Waals surface area contributed by atoms with Gasteiger partial charge >= 0.3 is 0 Å². The Morgan fingerprint density at radius 2 is 1.03 bits per heavy atom. The van der Waals surface area contributed by atoms with Gasteiger partial charge in [-0.2, -0.15) is 0 Å². The molecule has 39 heavy (non-hydrogen) atoms. The summed E-state index contributed by atoms with van der Waals surface area (Å²) in [7, 11) is 0. The highest BCUT2D eigenvalue weighted by molar-refractivity contribution is 5.38. The molecule has 0 heterocycles. The molecule has 0 spiro atoms. The SMILES string of the molecule is C=CCC(COCCCCC)Oc1ccc(C(CC)c2ccc(OC(CC=C)COCCCCC)cc2)cc1. The van der Waals surface area contributed by atoms with Gasteiger partial charge in [0.25, 0.3) is 0 Å². The van der Waals surface area contributed by atoms with E-state index < -0.39 is 0 Å². The smallest absolute Gasteiger partial charge is 0.125 e. The largest absolute Gasteiger partial charge is 0.488 e. The van der Waals surface area contributed by atoms with Crippen molar-refractivity contribution in [2.24, 2.45) is 0 Å². The molecule has 0 saturated heterocycles. The minimum atomic E-state index is -0.0175. The summed E-state index contributed by atoms with van der Waals surface area (Å²) >= 11 is 0. The second kappa shape index (κ2) is 20.4. The second-order valence-corrected chi connectivity index (χ2v) is 10.2. The van der Waals surface area contributed by atoms with Crippen LogP contribution in [-0.4, -0.2) is 38.6 Å². The van der Waals surface area contributed by atoms with E-state index in [9.17, 15) is 0 Å². The van der Waals surface area contributed by atoms with Crippen molar-refractivity contribution in [3.05, 3.63) is 85.0 Å². The molecule has 4 heteroatoms. The van der Waals surface area contributed by atoms with Gasteiger partial charge in [-0.3, -0.25) is 0 Å². The Morgan fingerprint density at radius 3 is 1.36 bits per heavy atom. The summed E-state index contributed by atoms with van der Waals surface area (Å²) in [4.78, 5) is 0. The fraction of sp³-hybridized carbons (Fsp3) is 0.543. The monoisotopic (exact) mass is 536 g/mol. The topological polar surface area (TPSA) is 36.9 Å². The molecule has 0 aliphatic carbocycles. The fourth-order valence-corrected chi connectivity index (χ4v) is 4.62. The molecule has 0 radical (unpaired) electrons. The number of rotatable bonds is 23. The van der Waals surface area contributed by atoms with Crippen molar-refractivity contribution < 1.29 is 18.9 Å². The van der Waals surface area contributed by atoms with E-state index in [2.05, 4.69) is 82.5 Å². The molecule has 0 aliphatic heterocycles. The fourth-order valence-electron chi connectivity index (χ4n) is 4.62. The van der Waals surface area contributed by atoms with E-state index in [1.54, 1.807) is 0 Å². The first-order chi connectivity index (χ1) is 19.1. The van der Waals surface area contributed by atoms with Crippen molar-refractivity contribution in [2.75, 3.05) is 26.4 Å². The molecule has 2 aromatic rings. The van der Waals surface area contributed by atoms with Crippen molar-refractivity contribution in [1.82, 2.24) is 0 Å². The molecular weight excluding hydrogens is 484 g/mol. The van der Waals surface area contributed by atoms with Crippen molar-refractivity contribution in [3.63, 3.8) is 0 Å². The lowest BCUT2D eigenvalue weighted by molar-refractivity contribution is 0.0496. The Kier molecular flexibility index (Phi) is 17.0. The molecule has 0 aromatic heterocycles. The van der Waals surface area contributed by atoms with E-state index in [4.69, 9.17) is 18.9 Å². The van der Waals surface area contributed by atoms with E-state index in [-0.39, 0.29) is 12.2 Å². The molecule has 2 unspecified atom stereocenters. The zero-order valence-electron chi connectivity index (χ0n) is 24.7. The van der Waals surface area contributed by atoms with Crippen LogP contribution in [-0.2, 0) is 9.47 Å². The van der Waals surface area contributed by atoms with E-state index in [0.717, 1.165) is 56.8 Å². The third-order valence-electron chi connectivity index (χ3n) is 6.83. The molecule has 0 amide bonds. The van der Waals surface area contributed by atoms with Gasteiger partial charge in [0.2, 0.25) is 0 Å². The molecule has 0 N–H and O–H groups in total. The van der Waals surface area contributed by atoms with Crippen LogP contribution in [0.15, 0.2) is 73.8 Å². The molecule has 0 fully saturated rings. The maximum Gasteiger partial charge on any atom is 0.125 e. The van der Waals surface area contributed by atoms with Crippen LogP contribution in [0.3, 0.4) is 0 Å². The first-order valence-electron chi connectivity index (χ1n) is 15.0. The molecule has 2 aromatic carbocycles. The first kappa shape index (κ1) is 32.7. The minimum Gasteiger partial charge on any atom is -0.488 e. The number of ether oxygens (including phenoxy) is 4. The van der Waals surface area contributed by atoms with Gasteiger partial charge in [-0.25, -0.2) is 0 Å². The third kappa shape index (κ3) is 12.9. The molecule has 2 atom stereocenters. The molecule has 0 bridgehead atoms. The summed E-state index contributed by atoms with van der Waals surface area (Å²) in [5.74, 6) is 2.04. The number of hydrogen-bond donors (Lipinski definition) is 0. The Bertz CT molecular complexity index is 816. The van der Waals surface area contributed by atoms with Crippen LogP contribution in [0.1, 0.15) is 95.6 Å². The van der Waals surface area contributed by atoms with Gasteiger partial charge in [-0.15, -0.1) is 13.2 Å². The van der Waals surface area contributed by atoms with Crippen LogP contribution in [0.4, 0.5) is 0 Å². The summed E-state index contributed by atoms with van der Waals surface area (Å²) in [6, 6.07) is 17.0. The highest BCUT2D eigenvalue weighted by Gasteiger charge is 2.15. The van der Waals surface area contributed by atoms with E-state index in [1.165, 1.54) is 36.8 Å². The zero-order valence-corrected chi connectivity index (χ0v) is 24.7. The van der Waals surface area contributed by atoms with Crippen LogP contribution in [0.2, 0.25) is 0 Å². The molecular formula is C35H52O4. The van der Waals surface area contributed by atoms with Gasteiger partial charge in [0.05, 0.1) is 13.2 Å². The van der Waals surface area contributed by atoms with Crippen LogP contribution in [0, 0.1) is 0 Å². The van der Waals surface area contributed by atoms with Gasteiger partial charge < -0.3 is 18.9 Å². The predicted octanol–water partition coefficient (Wildman–Crippen LogP) is 9.29. The highest BCUT2D eigenvalue weighted by atomic mass is 16.5. The van der Waals surface area contributed by atoms with E-state index in [1.807, 2.05) is 12.2 Å². The molecule has 2 rings (SSSR count). The van der Waals surface area contributed by atoms with Gasteiger partial charge in [-0.05, 0) is 54.7 Å². The maximum absolute atomic E-state index is 6.23. The van der Waals surface area contributed by atoms with Crippen LogP contribution in [0.25, 0.3) is 0 Å². The summed E-state index contributed by atoms with van der Waals surface area (Å²) in [5.41, 5.74) is 2.55.